The fourth-order valence-electron chi connectivity index (χ4n) is 0.965. The van der Waals surface area contributed by atoms with Crippen molar-refractivity contribution in [2.24, 2.45) is 0 Å². The molecule has 0 saturated heterocycles. The zero-order valence-electron chi connectivity index (χ0n) is 11.1. The highest BCUT2D eigenvalue weighted by Crippen LogP contribution is 2.08. The third-order valence-corrected chi connectivity index (χ3v) is 1.67. The molecule has 4 heteroatoms. The molecule has 0 unspecified atom stereocenters. The first-order valence-electron chi connectivity index (χ1n) is 5.59. The molecular weight excluding hydrogens is 218 g/mol. The van der Waals surface area contributed by atoms with Crippen molar-refractivity contribution in [2.75, 3.05) is 0 Å². The summed E-state index contributed by atoms with van der Waals surface area (Å²) in [5.41, 5.74) is -0.545. The number of hydrogen-bond donors (Lipinski definition) is 1. The van der Waals surface area contributed by atoms with Gasteiger partial charge < -0.3 is 10.1 Å². The van der Waals surface area contributed by atoms with E-state index in [4.69, 9.17) is 4.74 Å². The lowest BCUT2D eigenvalue weighted by atomic mass is 10.2. The molecule has 0 aliphatic carbocycles. The summed E-state index contributed by atoms with van der Waals surface area (Å²) in [6, 6.07) is -0.656. The van der Waals surface area contributed by atoms with E-state index < -0.39 is 17.6 Å². The molecule has 0 aliphatic rings. The van der Waals surface area contributed by atoms with Crippen LogP contribution in [0.2, 0.25) is 0 Å². The topological polar surface area (TPSA) is 55.4 Å². The molecule has 0 heterocycles. The first kappa shape index (κ1) is 15.4. The molecule has 1 atom stereocenters. The lowest BCUT2D eigenvalue weighted by Gasteiger charge is -2.22. The van der Waals surface area contributed by atoms with Gasteiger partial charge in [-0.25, -0.2) is 4.79 Å². The highest BCUT2D eigenvalue weighted by atomic mass is 16.6. The fraction of sp³-hybridized carbons (Fsp3) is 0.538. The van der Waals surface area contributed by atoms with Crippen LogP contribution in [0.1, 0.15) is 34.6 Å². The Kier molecular flexibility index (Phi) is 6.25. The van der Waals surface area contributed by atoms with Crippen molar-refractivity contribution in [3.63, 3.8) is 0 Å². The van der Waals surface area contributed by atoms with Crippen molar-refractivity contribution in [1.29, 1.82) is 0 Å². The van der Waals surface area contributed by atoms with Gasteiger partial charge in [0.25, 0.3) is 0 Å². The molecule has 0 aromatic heterocycles. The predicted octanol–water partition coefficient (Wildman–Crippen LogP) is 1.97. The molecule has 0 bridgehead atoms. The van der Waals surface area contributed by atoms with Gasteiger partial charge in [-0.2, -0.15) is 0 Å². The van der Waals surface area contributed by atoms with Crippen LogP contribution >= 0.6 is 0 Å². The maximum Gasteiger partial charge on any atom is 0.328 e. The van der Waals surface area contributed by atoms with Crippen LogP contribution in [-0.2, 0) is 14.3 Å². The van der Waals surface area contributed by atoms with Gasteiger partial charge in [-0.3, -0.25) is 4.79 Å². The SMILES string of the molecule is C/C=C/C=CC(=O)N[C@@H](C)C(=O)OC(C)(C)C. The molecule has 0 fully saturated rings. The van der Waals surface area contributed by atoms with Gasteiger partial charge in [-0.05, 0) is 34.6 Å². The quantitative estimate of drug-likeness (QED) is 0.463. The Morgan fingerprint density at radius 2 is 1.82 bits per heavy atom. The van der Waals surface area contributed by atoms with Crippen LogP contribution in [0.3, 0.4) is 0 Å². The number of carbonyl (C=O) groups is 2. The summed E-state index contributed by atoms with van der Waals surface area (Å²) < 4.78 is 5.13. The molecule has 1 N–H and O–H groups in total. The summed E-state index contributed by atoms with van der Waals surface area (Å²) in [6.45, 7) is 8.79. The average Bonchev–Trinajstić information content (AvgIpc) is 2.15. The zero-order valence-corrected chi connectivity index (χ0v) is 11.1. The molecule has 4 nitrogen and oxygen atoms in total. The predicted molar refractivity (Wildman–Crippen MR) is 67.4 cm³/mol. The molecular formula is C13H21NO3. The molecule has 0 saturated carbocycles. The summed E-state index contributed by atoms with van der Waals surface area (Å²) in [7, 11) is 0. The summed E-state index contributed by atoms with van der Waals surface area (Å²) >= 11 is 0. The molecule has 0 rings (SSSR count). The van der Waals surface area contributed by atoms with Crippen LogP contribution in [-0.4, -0.2) is 23.5 Å². The molecule has 0 spiro atoms. The van der Waals surface area contributed by atoms with Gasteiger partial charge in [-0.1, -0.05) is 18.2 Å². The molecule has 0 radical (unpaired) electrons. The van der Waals surface area contributed by atoms with Crippen molar-refractivity contribution in [3.05, 3.63) is 24.3 Å². The Bertz CT molecular complexity index is 324. The lowest BCUT2D eigenvalue weighted by Crippen LogP contribution is -2.41. The second-order valence-corrected chi connectivity index (χ2v) is 4.65. The highest BCUT2D eigenvalue weighted by molar-refractivity contribution is 5.91. The maximum atomic E-state index is 11.5. The summed E-state index contributed by atoms with van der Waals surface area (Å²) in [5, 5.41) is 2.53. The minimum atomic E-state index is -0.656. The standard InChI is InChI=1S/C13H21NO3/c1-6-7-8-9-11(15)14-10(2)12(16)17-13(3,4)5/h6-10H,1-5H3,(H,14,15)/b7-6+,9-8?/t10-/m0/s1. The normalized spacial score (nSPS) is 13.9. The minimum absolute atomic E-state index is 0.318. The number of ether oxygens (including phenoxy) is 1. The third kappa shape index (κ3) is 8.25. The lowest BCUT2D eigenvalue weighted by molar-refractivity contribution is -0.157. The summed E-state index contributed by atoms with van der Waals surface area (Å²) in [5.74, 6) is -0.758. The third-order valence-electron chi connectivity index (χ3n) is 1.67. The molecule has 1 amide bonds. The first-order chi connectivity index (χ1) is 7.76. The van der Waals surface area contributed by atoms with Crippen LogP contribution in [0.25, 0.3) is 0 Å². The Morgan fingerprint density at radius 3 is 2.29 bits per heavy atom. The summed E-state index contributed by atoms with van der Waals surface area (Å²) in [6.07, 6.45) is 6.51. The largest absolute Gasteiger partial charge is 0.458 e. The highest BCUT2D eigenvalue weighted by Gasteiger charge is 2.22. The number of carbonyl (C=O) groups excluding carboxylic acids is 2. The van der Waals surface area contributed by atoms with E-state index >= 15 is 0 Å². The molecule has 0 aliphatic heterocycles. The zero-order chi connectivity index (χ0) is 13.5. The summed E-state index contributed by atoms with van der Waals surface area (Å²) in [4.78, 5) is 22.9. The van der Waals surface area contributed by atoms with Gasteiger partial charge >= 0.3 is 5.97 Å². The van der Waals surface area contributed by atoms with E-state index in [0.29, 0.717) is 0 Å². The molecule has 0 aromatic carbocycles. The van der Waals surface area contributed by atoms with E-state index in [1.807, 2.05) is 6.92 Å². The Morgan fingerprint density at radius 1 is 1.24 bits per heavy atom. The van der Waals surface area contributed by atoms with Crippen LogP contribution in [0.4, 0.5) is 0 Å². The second kappa shape index (κ2) is 6.89. The van der Waals surface area contributed by atoms with Gasteiger partial charge in [0.15, 0.2) is 0 Å². The smallest absolute Gasteiger partial charge is 0.328 e. The van der Waals surface area contributed by atoms with E-state index in [-0.39, 0.29) is 5.91 Å². The maximum absolute atomic E-state index is 11.5. The van der Waals surface area contributed by atoms with E-state index in [1.54, 1.807) is 45.9 Å². The fourth-order valence-corrected chi connectivity index (χ4v) is 0.965. The minimum Gasteiger partial charge on any atom is -0.458 e. The Labute approximate surface area is 103 Å². The number of rotatable bonds is 4. The molecule has 17 heavy (non-hydrogen) atoms. The Balaban J connectivity index is 4.21. The van der Waals surface area contributed by atoms with Crippen molar-refractivity contribution in [3.8, 4) is 0 Å². The van der Waals surface area contributed by atoms with E-state index in [0.717, 1.165) is 0 Å². The van der Waals surface area contributed by atoms with Crippen molar-refractivity contribution >= 4 is 11.9 Å². The molecule has 0 aromatic rings. The first-order valence-corrected chi connectivity index (χ1v) is 5.59. The van der Waals surface area contributed by atoms with Crippen LogP contribution in [0.15, 0.2) is 24.3 Å². The number of esters is 1. The molecule has 96 valence electrons. The van der Waals surface area contributed by atoms with Crippen LogP contribution < -0.4 is 5.32 Å². The van der Waals surface area contributed by atoms with Crippen molar-refractivity contribution < 1.29 is 14.3 Å². The van der Waals surface area contributed by atoms with E-state index in [1.165, 1.54) is 6.08 Å². The van der Waals surface area contributed by atoms with Gasteiger partial charge in [0.1, 0.15) is 11.6 Å². The van der Waals surface area contributed by atoms with Gasteiger partial charge in [-0.15, -0.1) is 0 Å². The monoisotopic (exact) mass is 239 g/mol. The second-order valence-electron chi connectivity index (χ2n) is 4.65. The average molecular weight is 239 g/mol. The van der Waals surface area contributed by atoms with Crippen LogP contribution in [0, 0.1) is 0 Å². The van der Waals surface area contributed by atoms with Gasteiger partial charge in [0.2, 0.25) is 5.91 Å². The van der Waals surface area contributed by atoms with E-state index in [2.05, 4.69) is 5.32 Å². The van der Waals surface area contributed by atoms with Gasteiger partial charge in [0, 0.05) is 6.08 Å². The van der Waals surface area contributed by atoms with Gasteiger partial charge in [0.05, 0.1) is 0 Å². The van der Waals surface area contributed by atoms with Crippen molar-refractivity contribution in [2.45, 2.75) is 46.3 Å². The number of nitrogens with one attached hydrogen (secondary N) is 1. The number of allylic oxidation sites excluding steroid dienone is 3. The number of amides is 1. The number of hydrogen-bond acceptors (Lipinski definition) is 3. The Hall–Kier alpha value is -1.58. The van der Waals surface area contributed by atoms with E-state index in [9.17, 15) is 9.59 Å². The van der Waals surface area contributed by atoms with Crippen LogP contribution in [0.5, 0.6) is 0 Å². The van der Waals surface area contributed by atoms with Crippen molar-refractivity contribution in [1.82, 2.24) is 5.32 Å².